The van der Waals surface area contributed by atoms with Crippen molar-refractivity contribution in [3.05, 3.63) is 107 Å². The number of aryl methyl sites for hydroxylation is 1. The monoisotopic (exact) mass is 736 g/mol. The summed E-state index contributed by atoms with van der Waals surface area (Å²) in [6.07, 6.45) is 0.840. The number of hydrogen-bond acceptors (Lipinski definition) is 6. The number of thiazole rings is 1. The van der Waals surface area contributed by atoms with Gasteiger partial charge in [-0.3, -0.25) is 19.3 Å². The first-order chi connectivity index (χ1) is 20.8. The van der Waals surface area contributed by atoms with Crippen molar-refractivity contribution in [2.24, 2.45) is 29.6 Å². The average molecular weight is 739 g/mol. The Kier molecular flexibility index (Phi) is 6.78. The standard InChI is InChI=1S/C33H26Br2N2O4S2/c1-15-4-2-3-5-16(15)14-41-23-11-8-18(35)12-20(23)24-25-21-13-22(28(25)42-30-29(24)43-33(40)36-30)27-26(21)31(38)37(32(27)39)19-9-6-17(34)7-10-19/h2-12,21-22,24-28H,13-14H2,1H3,(H,36,40)/t21-,22-,24?,25?,26?,27?,28?/m1/s1. The highest BCUT2D eigenvalue weighted by Crippen LogP contribution is 2.69. The van der Waals surface area contributed by atoms with Crippen LogP contribution >= 0.6 is 55.0 Å². The number of ether oxygens (including phenoxy) is 1. The number of halogens is 2. The predicted molar refractivity (Wildman–Crippen MR) is 175 cm³/mol. The van der Waals surface area contributed by atoms with Crippen LogP contribution in [-0.4, -0.2) is 22.0 Å². The van der Waals surface area contributed by atoms with Crippen molar-refractivity contribution in [1.29, 1.82) is 0 Å². The molecule has 4 aliphatic rings. The van der Waals surface area contributed by atoms with Crippen LogP contribution in [0.5, 0.6) is 5.75 Å². The van der Waals surface area contributed by atoms with Crippen molar-refractivity contribution in [2.75, 3.05) is 4.90 Å². The van der Waals surface area contributed by atoms with Crippen LogP contribution in [-0.2, 0) is 16.2 Å². The van der Waals surface area contributed by atoms with Gasteiger partial charge >= 0.3 is 4.87 Å². The van der Waals surface area contributed by atoms with E-state index in [0.717, 1.165) is 42.1 Å². The van der Waals surface area contributed by atoms with E-state index in [4.69, 9.17) is 4.74 Å². The Hall–Kier alpha value is -2.66. The smallest absolute Gasteiger partial charge is 0.305 e. The van der Waals surface area contributed by atoms with Crippen LogP contribution in [0.25, 0.3) is 0 Å². The molecule has 1 N–H and O–H groups in total. The molecule has 3 aromatic carbocycles. The number of benzene rings is 3. The van der Waals surface area contributed by atoms with Gasteiger partial charge in [0.15, 0.2) is 0 Å². The van der Waals surface area contributed by atoms with Gasteiger partial charge in [0, 0.05) is 30.6 Å². The van der Waals surface area contributed by atoms with E-state index in [2.05, 4.69) is 62.0 Å². The number of nitrogens with zero attached hydrogens (tertiary/aromatic N) is 1. The molecule has 1 saturated heterocycles. The Balaban J connectivity index is 1.20. The zero-order valence-electron chi connectivity index (χ0n) is 23.0. The fourth-order valence-corrected chi connectivity index (χ4v) is 11.6. The van der Waals surface area contributed by atoms with Crippen LogP contribution in [0.1, 0.15) is 33.9 Å². The third kappa shape index (κ3) is 4.35. The number of amides is 2. The average Bonchev–Trinajstić information content (AvgIpc) is 3.72. The van der Waals surface area contributed by atoms with Crippen molar-refractivity contribution >= 4 is 72.5 Å². The van der Waals surface area contributed by atoms with E-state index in [-0.39, 0.29) is 57.4 Å². The van der Waals surface area contributed by atoms with Crippen molar-refractivity contribution in [2.45, 2.75) is 36.1 Å². The van der Waals surface area contributed by atoms with E-state index < -0.39 is 0 Å². The number of rotatable bonds is 5. The Morgan fingerprint density at radius 2 is 1.65 bits per heavy atom. The quantitative estimate of drug-likeness (QED) is 0.215. The fourth-order valence-electron chi connectivity index (χ4n) is 8.03. The number of fused-ring (bicyclic) bond motifs is 9. The molecule has 7 atom stereocenters. The summed E-state index contributed by atoms with van der Waals surface area (Å²) in [6.45, 7) is 2.51. The van der Waals surface area contributed by atoms with Gasteiger partial charge in [-0.25, -0.2) is 0 Å². The molecule has 2 amide bonds. The number of imide groups is 1. The second kappa shape index (κ2) is 10.5. The highest BCUT2D eigenvalue weighted by atomic mass is 79.9. The minimum atomic E-state index is -0.355. The van der Waals surface area contributed by atoms with E-state index in [1.54, 1.807) is 11.8 Å². The lowest BCUT2D eigenvalue weighted by Gasteiger charge is -2.43. The highest BCUT2D eigenvalue weighted by Gasteiger charge is 2.69. The minimum Gasteiger partial charge on any atom is -0.489 e. The van der Waals surface area contributed by atoms with E-state index in [1.165, 1.54) is 21.8 Å². The molecule has 8 rings (SSSR count). The first-order valence-electron chi connectivity index (χ1n) is 14.3. The SMILES string of the molecule is Cc1ccccc1COc1ccc(Br)cc1C1c2sc(=O)[nH]c2SC2C1[C@H]1C[C@@H]2C2C(=O)N(c3ccc(Br)cc3)C(=O)C21. The molecular formula is C33H26Br2N2O4S2. The number of thioether (sulfide) groups is 1. The molecule has 2 aliphatic heterocycles. The van der Waals surface area contributed by atoms with Crippen molar-refractivity contribution in [3.63, 3.8) is 0 Å². The lowest BCUT2D eigenvalue weighted by molar-refractivity contribution is -0.123. The largest absolute Gasteiger partial charge is 0.489 e. The van der Waals surface area contributed by atoms with E-state index >= 15 is 0 Å². The molecule has 6 nitrogen and oxygen atoms in total. The second-order valence-corrected chi connectivity index (χ2v) is 15.9. The summed E-state index contributed by atoms with van der Waals surface area (Å²) in [5.74, 6) is -0.0407. The zero-order chi connectivity index (χ0) is 29.6. The van der Waals surface area contributed by atoms with Crippen LogP contribution < -0.4 is 14.5 Å². The molecule has 10 heteroatoms. The Morgan fingerprint density at radius 1 is 0.930 bits per heavy atom. The summed E-state index contributed by atoms with van der Waals surface area (Å²) in [6, 6.07) is 21.7. The molecule has 2 bridgehead atoms. The van der Waals surface area contributed by atoms with Gasteiger partial charge in [-0.15, -0.1) is 11.8 Å². The summed E-state index contributed by atoms with van der Waals surface area (Å²) in [5, 5.41) is 0.996. The molecule has 2 aliphatic carbocycles. The summed E-state index contributed by atoms with van der Waals surface area (Å²) in [7, 11) is 0. The summed E-state index contributed by atoms with van der Waals surface area (Å²) in [4.78, 5) is 46.1. The molecule has 4 aromatic rings. The molecule has 0 spiro atoms. The lowest BCUT2D eigenvalue weighted by Crippen LogP contribution is -2.42. The van der Waals surface area contributed by atoms with Crippen molar-refractivity contribution in [1.82, 2.24) is 4.98 Å². The van der Waals surface area contributed by atoms with E-state index in [0.29, 0.717) is 12.3 Å². The Labute approximate surface area is 273 Å². The molecule has 0 radical (unpaired) electrons. The maximum Gasteiger partial charge on any atom is 0.305 e. The lowest BCUT2D eigenvalue weighted by atomic mass is 9.68. The molecule has 5 unspecified atom stereocenters. The van der Waals surface area contributed by atoms with Gasteiger partial charge in [0.25, 0.3) is 0 Å². The third-order valence-corrected chi connectivity index (χ3v) is 13.4. The van der Waals surface area contributed by atoms with Crippen LogP contribution in [0.2, 0.25) is 0 Å². The summed E-state index contributed by atoms with van der Waals surface area (Å²) in [5.41, 5.74) is 3.92. The Morgan fingerprint density at radius 3 is 2.42 bits per heavy atom. The van der Waals surface area contributed by atoms with Crippen LogP contribution in [0, 0.1) is 36.5 Å². The van der Waals surface area contributed by atoms with Crippen LogP contribution in [0.4, 0.5) is 5.69 Å². The summed E-state index contributed by atoms with van der Waals surface area (Å²) >= 11 is 10.1. The number of anilines is 1. The highest BCUT2D eigenvalue weighted by molar-refractivity contribution is 9.10. The maximum atomic E-state index is 14.1. The molecule has 218 valence electrons. The van der Waals surface area contributed by atoms with Crippen LogP contribution in [0.3, 0.4) is 0 Å². The number of aromatic nitrogens is 1. The molecular weight excluding hydrogens is 712 g/mol. The van der Waals surface area contributed by atoms with Crippen molar-refractivity contribution in [3.8, 4) is 5.75 Å². The third-order valence-electron chi connectivity index (χ3n) is 9.76. The molecule has 1 aromatic heterocycles. The molecule has 2 saturated carbocycles. The number of carbonyl (C=O) groups is 2. The fraction of sp³-hybridized carbons (Fsp3) is 0.303. The van der Waals surface area contributed by atoms with Gasteiger partial charge in [-0.05, 0) is 84.7 Å². The van der Waals surface area contributed by atoms with Gasteiger partial charge < -0.3 is 9.72 Å². The van der Waals surface area contributed by atoms with Crippen molar-refractivity contribution < 1.29 is 14.3 Å². The number of carbonyl (C=O) groups excluding carboxylic acids is 2. The first-order valence-corrected chi connectivity index (χ1v) is 17.6. The molecule has 3 fully saturated rings. The van der Waals surface area contributed by atoms with Gasteiger partial charge in [0.2, 0.25) is 11.8 Å². The Bertz CT molecular complexity index is 1850. The number of aromatic amines is 1. The van der Waals surface area contributed by atoms with E-state index in [9.17, 15) is 14.4 Å². The first kappa shape index (κ1) is 27.9. The maximum absolute atomic E-state index is 14.1. The number of H-pyrrole nitrogens is 1. The second-order valence-electron chi connectivity index (χ2n) is 11.8. The summed E-state index contributed by atoms with van der Waals surface area (Å²) < 4.78 is 8.36. The van der Waals surface area contributed by atoms with Gasteiger partial charge in [0.05, 0.1) is 22.5 Å². The van der Waals surface area contributed by atoms with Gasteiger partial charge in [-0.2, -0.15) is 0 Å². The molecule has 3 heterocycles. The normalized spacial score (nSPS) is 28.6. The number of nitrogens with one attached hydrogen (secondary N) is 1. The number of hydrogen-bond donors (Lipinski definition) is 1. The topological polar surface area (TPSA) is 79.5 Å². The van der Waals surface area contributed by atoms with Gasteiger partial charge in [-0.1, -0.05) is 67.5 Å². The minimum absolute atomic E-state index is 0.0305. The zero-order valence-corrected chi connectivity index (χ0v) is 27.8. The van der Waals surface area contributed by atoms with E-state index in [1.807, 2.05) is 48.5 Å². The predicted octanol–water partition coefficient (Wildman–Crippen LogP) is 7.53. The van der Waals surface area contributed by atoms with Crippen LogP contribution in [0.15, 0.2) is 85.5 Å². The molecule has 43 heavy (non-hydrogen) atoms. The van der Waals surface area contributed by atoms with Gasteiger partial charge in [0.1, 0.15) is 12.4 Å².